The van der Waals surface area contributed by atoms with E-state index >= 15 is 0 Å². The van der Waals surface area contributed by atoms with Crippen molar-refractivity contribution in [1.29, 1.82) is 0 Å². The van der Waals surface area contributed by atoms with Crippen LogP contribution in [0.4, 0.5) is 11.6 Å². The molecule has 0 bridgehead atoms. The summed E-state index contributed by atoms with van der Waals surface area (Å²) >= 11 is 0. The summed E-state index contributed by atoms with van der Waals surface area (Å²) in [7, 11) is 1.85. The van der Waals surface area contributed by atoms with Crippen LogP contribution < -0.4 is 10.2 Å². The number of ether oxygens (including phenoxy) is 1. The first kappa shape index (κ1) is 13.0. The Balaban J connectivity index is 2.20. The Morgan fingerprint density at radius 1 is 1.56 bits per heavy atom. The molecule has 0 amide bonds. The number of hydrogen-bond acceptors (Lipinski definition) is 6. The summed E-state index contributed by atoms with van der Waals surface area (Å²) in [6.45, 7) is 4.15. The molecule has 6 heteroatoms. The summed E-state index contributed by atoms with van der Waals surface area (Å²) < 4.78 is 5.44. The van der Waals surface area contributed by atoms with Crippen LogP contribution in [-0.4, -0.2) is 54.5 Å². The average Bonchev–Trinajstić information content (AvgIpc) is 2.46. The number of aromatic nitrogens is 2. The number of nitrogens with one attached hydrogen (secondary N) is 1. The van der Waals surface area contributed by atoms with E-state index in [1.807, 2.05) is 20.0 Å². The number of aryl methyl sites for hydroxylation is 1. The van der Waals surface area contributed by atoms with Gasteiger partial charge in [-0.15, -0.1) is 0 Å². The number of aliphatic hydroxyl groups is 1. The van der Waals surface area contributed by atoms with E-state index in [2.05, 4.69) is 20.2 Å². The molecule has 1 saturated heterocycles. The summed E-state index contributed by atoms with van der Waals surface area (Å²) in [5.41, 5.74) is 0. The van der Waals surface area contributed by atoms with Crippen molar-refractivity contribution in [1.82, 2.24) is 9.97 Å². The molecule has 0 aliphatic carbocycles. The summed E-state index contributed by atoms with van der Waals surface area (Å²) in [5.74, 6) is 2.54. The second kappa shape index (κ2) is 5.97. The van der Waals surface area contributed by atoms with E-state index in [0.29, 0.717) is 13.2 Å². The average molecular weight is 252 g/mol. The van der Waals surface area contributed by atoms with Gasteiger partial charge in [0.25, 0.3) is 0 Å². The molecule has 100 valence electrons. The highest BCUT2D eigenvalue weighted by Gasteiger charge is 2.21. The highest BCUT2D eigenvalue weighted by atomic mass is 16.5. The number of nitrogens with zero attached hydrogens (tertiary/aromatic N) is 3. The molecule has 18 heavy (non-hydrogen) atoms. The lowest BCUT2D eigenvalue weighted by molar-refractivity contribution is 0.00335. The monoisotopic (exact) mass is 252 g/mol. The van der Waals surface area contributed by atoms with Crippen LogP contribution in [0.15, 0.2) is 6.07 Å². The van der Waals surface area contributed by atoms with Gasteiger partial charge in [0.05, 0.1) is 19.3 Å². The third-order valence-electron chi connectivity index (χ3n) is 3.00. The largest absolute Gasteiger partial charge is 0.394 e. The van der Waals surface area contributed by atoms with Gasteiger partial charge < -0.3 is 20.1 Å². The Bertz CT molecular complexity index is 377. The molecule has 2 rings (SSSR count). The lowest BCUT2D eigenvalue weighted by Crippen LogP contribution is -2.44. The van der Waals surface area contributed by atoms with Crippen molar-refractivity contribution in [3.8, 4) is 0 Å². The molecule has 2 heterocycles. The lowest BCUT2D eigenvalue weighted by Gasteiger charge is -2.33. The molecule has 0 aromatic carbocycles. The number of rotatable bonds is 4. The molecule has 1 atom stereocenters. The van der Waals surface area contributed by atoms with Gasteiger partial charge in [0.2, 0.25) is 0 Å². The van der Waals surface area contributed by atoms with Crippen molar-refractivity contribution in [3.63, 3.8) is 0 Å². The fourth-order valence-electron chi connectivity index (χ4n) is 1.97. The Hall–Kier alpha value is -1.40. The highest BCUT2D eigenvalue weighted by molar-refractivity contribution is 5.49. The van der Waals surface area contributed by atoms with Gasteiger partial charge in [0.1, 0.15) is 17.5 Å². The van der Waals surface area contributed by atoms with Crippen LogP contribution in [0.5, 0.6) is 0 Å². The number of morpholine rings is 1. The number of anilines is 2. The van der Waals surface area contributed by atoms with Crippen molar-refractivity contribution in [3.05, 3.63) is 11.9 Å². The quantitative estimate of drug-likeness (QED) is 0.802. The molecule has 0 spiro atoms. The third kappa shape index (κ3) is 2.88. The van der Waals surface area contributed by atoms with Gasteiger partial charge in [-0.2, -0.15) is 0 Å². The first-order valence-electron chi connectivity index (χ1n) is 6.30. The van der Waals surface area contributed by atoms with Gasteiger partial charge in [-0.25, -0.2) is 9.97 Å². The smallest absolute Gasteiger partial charge is 0.134 e. The van der Waals surface area contributed by atoms with Crippen LogP contribution >= 0.6 is 0 Å². The molecule has 6 nitrogen and oxygen atoms in total. The molecule has 1 aliphatic rings. The number of aliphatic hydroxyl groups excluding tert-OH is 1. The molecule has 2 N–H and O–H groups in total. The molecule has 1 unspecified atom stereocenters. The maximum Gasteiger partial charge on any atom is 0.134 e. The zero-order valence-corrected chi connectivity index (χ0v) is 10.9. The minimum absolute atomic E-state index is 0.0428. The Kier molecular flexibility index (Phi) is 4.33. The fraction of sp³-hybridized carbons (Fsp3) is 0.667. The normalized spacial score (nSPS) is 19.9. The summed E-state index contributed by atoms with van der Waals surface area (Å²) in [4.78, 5) is 11.0. The first-order chi connectivity index (χ1) is 8.76. The van der Waals surface area contributed by atoms with E-state index in [-0.39, 0.29) is 12.7 Å². The summed E-state index contributed by atoms with van der Waals surface area (Å²) in [6, 6.07) is 1.93. The van der Waals surface area contributed by atoms with Crippen LogP contribution in [-0.2, 0) is 11.2 Å². The fourth-order valence-corrected chi connectivity index (χ4v) is 1.97. The molecule has 1 aromatic rings. The summed E-state index contributed by atoms with van der Waals surface area (Å²) in [5, 5.41) is 12.2. The van der Waals surface area contributed by atoms with Gasteiger partial charge >= 0.3 is 0 Å². The predicted molar refractivity (Wildman–Crippen MR) is 70.0 cm³/mol. The van der Waals surface area contributed by atoms with Crippen molar-refractivity contribution in [2.24, 2.45) is 0 Å². The molecular formula is C12H20N4O2. The Morgan fingerprint density at radius 2 is 2.39 bits per heavy atom. The van der Waals surface area contributed by atoms with Crippen molar-refractivity contribution in [2.75, 3.05) is 43.6 Å². The molecule has 0 saturated carbocycles. The van der Waals surface area contributed by atoms with E-state index < -0.39 is 0 Å². The van der Waals surface area contributed by atoms with E-state index in [9.17, 15) is 0 Å². The Morgan fingerprint density at radius 3 is 3.06 bits per heavy atom. The van der Waals surface area contributed by atoms with Crippen molar-refractivity contribution in [2.45, 2.75) is 19.4 Å². The van der Waals surface area contributed by atoms with Crippen molar-refractivity contribution >= 4 is 11.6 Å². The van der Waals surface area contributed by atoms with Gasteiger partial charge in [-0.05, 0) is 0 Å². The molecule has 1 fully saturated rings. The van der Waals surface area contributed by atoms with E-state index in [4.69, 9.17) is 9.84 Å². The van der Waals surface area contributed by atoms with Gasteiger partial charge in [0.15, 0.2) is 0 Å². The standard InChI is InChI=1S/C12H20N4O2/c1-3-10-14-11(13-2)6-12(15-10)16-4-5-18-9(7-16)8-17/h6,9,17H,3-5,7-8H2,1-2H3,(H,13,14,15). The van der Waals surface area contributed by atoms with Gasteiger partial charge in [-0.3, -0.25) is 0 Å². The Labute approximate surface area is 107 Å². The van der Waals surface area contributed by atoms with Crippen LogP contribution in [0.1, 0.15) is 12.7 Å². The minimum atomic E-state index is -0.128. The van der Waals surface area contributed by atoms with Crippen LogP contribution in [0.2, 0.25) is 0 Å². The molecule has 0 radical (unpaired) electrons. The molecular weight excluding hydrogens is 232 g/mol. The molecule has 1 aromatic heterocycles. The third-order valence-corrected chi connectivity index (χ3v) is 3.00. The van der Waals surface area contributed by atoms with E-state index in [0.717, 1.165) is 30.4 Å². The van der Waals surface area contributed by atoms with Crippen LogP contribution in [0, 0.1) is 0 Å². The van der Waals surface area contributed by atoms with Gasteiger partial charge in [-0.1, -0.05) is 6.92 Å². The summed E-state index contributed by atoms with van der Waals surface area (Å²) in [6.07, 6.45) is 0.674. The molecule has 1 aliphatic heterocycles. The lowest BCUT2D eigenvalue weighted by atomic mass is 10.3. The zero-order valence-electron chi connectivity index (χ0n) is 10.9. The maximum atomic E-state index is 9.16. The SMILES string of the molecule is CCc1nc(NC)cc(N2CCOC(CO)C2)n1. The maximum absolute atomic E-state index is 9.16. The van der Waals surface area contributed by atoms with Crippen LogP contribution in [0.3, 0.4) is 0 Å². The first-order valence-corrected chi connectivity index (χ1v) is 6.30. The van der Waals surface area contributed by atoms with Gasteiger partial charge in [0, 0.05) is 32.6 Å². The zero-order chi connectivity index (χ0) is 13.0. The minimum Gasteiger partial charge on any atom is -0.394 e. The second-order valence-corrected chi connectivity index (χ2v) is 4.25. The highest BCUT2D eigenvalue weighted by Crippen LogP contribution is 2.18. The van der Waals surface area contributed by atoms with E-state index in [1.165, 1.54) is 0 Å². The number of hydrogen-bond donors (Lipinski definition) is 2. The topological polar surface area (TPSA) is 70.5 Å². The van der Waals surface area contributed by atoms with Crippen molar-refractivity contribution < 1.29 is 9.84 Å². The predicted octanol–water partition coefficient (Wildman–Crippen LogP) is 0.278. The van der Waals surface area contributed by atoms with Crippen LogP contribution in [0.25, 0.3) is 0 Å². The van der Waals surface area contributed by atoms with E-state index in [1.54, 1.807) is 0 Å². The second-order valence-electron chi connectivity index (χ2n) is 4.25.